The van der Waals surface area contributed by atoms with Gasteiger partial charge in [-0.3, -0.25) is 4.98 Å². The summed E-state index contributed by atoms with van der Waals surface area (Å²) in [7, 11) is 0. The third kappa shape index (κ3) is 7.28. The summed E-state index contributed by atoms with van der Waals surface area (Å²) in [5.74, 6) is -1.16. The Bertz CT molecular complexity index is 1180. The van der Waals surface area contributed by atoms with E-state index in [-0.39, 0.29) is 43.5 Å². The Labute approximate surface area is 218 Å². The topological polar surface area (TPSA) is 103 Å². The molecule has 2 aromatic carbocycles. The van der Waals surface area contributed by atoms with E-state index in [2.05, 4.69) is 13.8 Å². The predicted octanol–water partition coefficient (Wildman–Crippen LogP) is 5.92. The summed E-state index contributed by atoms with van der Waals surface area (Å²) in [5, 5.41) is 9.20. The van der Waals surface area contributed by atoms with Crippen LogP contribution in [0.4, 0.5) is 0 Å². The molecule has 0 saturated carbocycles. The number of rotatable bonds is 8. The van der Waals surface area contributed by atoms with Crippen LogP contribution < -0.4 is 5.73 Å². The highest BCUT2D eigenvalue weighted by Gasteiger charge is 2.24. The van der Waals surface area contributed by atoms with E-state index in [0.717, 1.165) is 34.4 Å². The zero-order chi connectivity index (χ0) is 24.1. The molecule has 0 unspecified atom stereocenters. The van der Waals surface area contributed by atoms with Crippen molar-refractivity contribution in [1.29, 1.82) is 0 Å². The van der Waals surface area contributed by atoms with E-state index < -0.39 is 11.9 Å². The summed E-state index contributed by atoms with van der Waals surface area (Å²) in [6, 6.07) is 14.3. The number of nitrogens with two attached hydrogens (primary N) is 1. The van der Waals surface area contributed by atoms with Crippen LogP contribution in [0.5, 0.6) is 0 Å². The van der Waals surface area contributed by atoms with Gasteiger partial charge in [-0.25, -0.2) is 9.59 Å². The SMILES string of the molecule is Cc1ccc(-c2c(CN)c(CC(C)C)nc(C)c2C(=O)OCc2cccc(C(=O)O)c2)cc1.Cl.Cl. The second-order valence-corrected chi connectivity index (χ2v) is 8.62. The summed E-state index contributed by atoms with van der Waals surface area (Å²) in [4.78, 5) is 29.3. The van der Waals surface area contributed by atoms with E-state index in [1.54, 1.807) is 12.1 Å². The number of hydrogen-bond donors (Lipinski definition) is 2. The first-order valence-electron chi connectivity index (χ1n) is 11.0. The maximum atomic E-state index is 13.3. The van der Waals surface area contributed by atoms with Gasteiger partial charge in [0.25, 0.3) is 0 Å². The van der Waals surface area contributed by atoms with Crippen LogP contribution in [0.15, 0.2) is 48.5 Å². The summed E-state index contributed by atoms with van der Waals surface area (Å²) in [5.41, 5.74) is 12.4. The molecule has 3 aromatic rings. The second-order valence-electron chi connectivity index (χ2n) is 8.62. The van der Waals surface area contributed by atoms with Crippen molar-refractivity contribution in [3.8, 4) is 11.1 Å². The maximum Gasteiger partial charge on any atom is 0.340 e. The third-order valence-corrected chi connectivity index (χ3v) is 5.46. The van der Waals surface area contributed by atoms with Crippen molar-refractivity contribution in [3.05, 3.63) is 87.7 Å². The quantitative estimate of drug-likeness (QED) is 0.358. The Hall–Kier alpha value is -2.93. The van der Waals surface area contributed by atoms with E-state index in [1.165, 1.54) is 12.1 Å². The highest BCUT2D eigenvalue weighted by Crippen LogP contribution is 2.33. The fourth-order valence-electron chi connectivity index (χ4n) is 3.88. The maximum absolute atomic E-state index is 13.3. The average Bonchev–Trinajstić information content (AvgIpc) is 2.77. The van der Waals surface area contributed by atoms with Gasteiger partial charge in [0.1, 0.15) is 6.61 Å². The van der Waals surface area contributed by atoms with Gasteiger partial charge >= 0.3 is 11.9 Å². The van der Waals surface area contributed by atoms with Crippen LogP contribution in [0.2, 0.25) is 0 Å². The molecule has 0 amide bonds. The lowest BCUT2D eigenvalue weighted by atomic mass is 9.90. The summed E-state index contributed by atoms with van der Waals surface area (Å²) in [6.07, 6.45) is 0.754. The molecule has 0 aliphatic carbocycles. The summed E-state index contributed by atoms with van der Waals surface area (Å²) >= 11 is 0. The van der Waals surface area contributed by atoms with Crippen molar-refractivity contribution in [3.63, 3.8) is 0 Å². The van der Waals surface area contributed by atoms with Crippen molar-refractivity contribution in [2.24, 2.45) is 11.7 Å². The molecule has 0 atom stereocenters. The zero-order valence-corrected chi connectivity index (χ0v) is 22.0. The summed E-state index contributed by atoms with van der Waals surface area (Å²) < 4.78 is 5.62. The van der Waals surface area contributed by atoms with Gasteiger partial charge in [-0.05, 0) is 55.0 Å². The van der Waals surface area contributed by atoms with E-state index in [9.17, 15) is 14.7 Å². The highest BCUT2D eigenvalue weighted by atomic mass is 35.5. The van der Waals surface area contributed by atoms with Gasteiger partial charge in [0.15, 0.2) is 0 Å². The highest BCUT2D eigenvalue weighted by molar-refractivity contribution is 5.99. The first-order valence-corrected chi connectivity index (χ1v) is 11.0. The molecule has 1 aromatic heterocycles. The number of carbonyl (C=O) groups is 2. The van der Waals surface area contributed by atoms with Gasteiger partial charge in [0, 0.05) is 17.8 Å². The van der Waals surface area contributed by atoms with Crippen molar-refractivity contribution >= 4 is 36.8 Å². The second kappa shape index (κ2) is 13.2. The van der Waals surface area contributed by atoms with E-state index in [1.807, 2.05) is 38.1 Å². The minimum Gasteiger partial charge on any atom is -0.478 e. The molecule has 0 saturated heterocycles. The lowest BCUT2D eigenvalue weighted by molar-refractivity contribution is 0.0472. The smallest absolute Gasteiger partial charge is 0.340 e. The van der Waals surface area contributed by atoms with E-state index >= 15 is 0 Å². The molecule has 0 bridgehead atoms. The van der Waals surface area contributed by atoms with Crippen molar-refractivity contribution in [2.75, 3.05) is 0 Å². The number of aryl methyl sites for hydroxylation is 2. The Morgan fingerprint density at radius 2 is 1.71 bits per heavy atom. The normalized spacial score (nSPS) is 10.3. The van der Waals surface area contributed by atoms with Gasteiger partial charge in [0.2, 0.25) is 0 Å². The van der Waals surface area contributed by atoms with Gasteiger partial charge in [-0.15, -0.1) is 24.8 Å². The Balaban J connectivity index is 0.00000306. The van der Waals surface area contributed by atoms with Crippen molar-refractivity contribution < 1.29 is 19.4 Å². The summed E-state index contributed by atoms with van der Waals surface area (Å²) in [6.45, 7) is 8.27. The Morgan fingerprint density at radius 3 is 2.29 bits per heavy atom. The van der Waals surface area contributed by atoms with Crippen LogP contribution in [-0.4, -0.2) is 22.0 Å². The zero-order valence-electron chi connectivity index (χ0n) is 20.3. The average molecular weight is 519 g/mol. The van der Waals surface area contributed by atoms with Gasteiger partial charge in [-0.2, -0.15) is 0 Å². The van der Waals surface area contributed by atoms with Crippen molar-refractivity contribution in [2.45, 2.75) is 47.3 Å². The number of pyridine rings is 1. The molecule has 0 fully saturated rings. The number of benzene rings is 2. The standard InChI is InChI=1S/C27H30N2O4.2ClH/c1-16(2)12-23-22(14-28)25(20-10-8-17(3)9-11-20)24(18(4)29-23)27(32)33-15-19-6-5-7-21(13-19)26(30)31;;/h5-11,13,16H,12,14-15,28H2,1-4H3,(H,30,31);2*1H. The molecule has 8 heteroatoms. The Kier molecular flexibility index (Phi) is 11.4. The van der Waals surface area contributed by atoms with Gasteiger partial charge in [0.05, 0.1) is 16.8 Å². The fourth-order valence-corrected chi connectivity index (χ4v) is 3.88. The third-order valence-electron chi connectivity index (χ3n) is 5.46. The number of carboxylic acid groups (broad SMARTS) is 1. The molecular weight excluding hydrogens is 487 g/mol. The number of ether oxygens (including phenoxy) is 1. The molecular formula is C27H32Cl2N2O4. The number of hydrogen-bond acceptors (Lipinski definition) is 5. The minimum absolute atomic E-state index is 0. The van der Waals surface area contributed by atoms with Gasteiger partial charge in [-0.1, -0.05) is 55.8 Å². The number of carboxylic acids is 1. The number of carbonyl (C=O) groups excluding carboxylic acids is 1. The predicted molar refractivity (Wildman–Crippen MR) is 143 cm³/mol. The molecule has 6 nitrogen and oxygen atoms in total. The lowest BCUT2D eigenvalue weighted by Crippen LogP contribution is -2.17. The molecule has 3 rings (SSSR count). The Morgan fingerprint density at radius 1 is 1.06 bits per heavy atom. The number of halogens is 2. The van der Waals surface area contributed by atoms with E-state index in [0.29, 0.717) is 22.7 Å². The molecule has 188 valence electrons. The number of esters is 1. The van der Waals surface area contributed by atoms with Gasteiger partial charge < -0.3 is 15.6 Å². The molecule has 0 aliphatic heterocycles. The van der Waals surface area contributed by atoms with Crippen molar-refractivity contribution in [1.82, 2.24) is 4.98 Å². The fraction of sp³-hybridized carbons (Fsp3) is 0.296. The molecule has 0 radical (unpaired) electrons. The number of aromatic carboxylic acids is 1. The first-order chi connectivity index (χ1) is 15.7. The lowest BCUT2D eigenvalue weighted by Gasteiger charge is -2.20. The molecule has 35 heavy (non-hydrogen) atoms. The number of aromatic nitrogens is 1. The van der Waals surface area contributed by atoms with Crippen LogP contribution in [0, 0.1) is 19.8 Å². The van der Waals surface area contributed by atoms with Crippen LogP contribution >= 0.6 is 24.8 Å². The molecule has 3 N–H and O–H groups in total. The van der Waals surface area contributed by atoms with Crippen LogP contribution in [-0.2, 0) is 24.3 Å². The van der Waals surface area contributed by atoms with E-state index in [4.69, 9.17) is 15.5 Å². The monoisotopic (exact) mass is 518 g/mol. The van der Waals surface area contributed by atoms with Crippen LogP contribution in [0.1, 0.15) is 62.6 Å². The largest absolute Gasteiger partial charge is 0.478 e. The minimum atomic E-state index is -1.03. The molecule has 0 spiro atoms. The van der Waals surface area contributed by atoms with Crippen LogP contribution in [0.25, 0.3) is 11.1 Å². The molecule has 1 heterocycles. The molecule has 0 aliphatic rings. The number of nitrogens with zero attached hydrogens (tertiary/aromatic N) is 1. The first kappa shape index (κ1) is 30.1. The van der Waals surface area contributed by atoms with Crippen LogP contribution in [0.3, 0.4) is 0 Å².